The van der Waals surface area contributed by atoms with Crippen LogP contribution in [0.5, 0.6) is 0 Å². The van der Waals surface area contributed by atoms with Crippen molar-refractivity contribution < 1.29 is 0 Å². The van der Waals surface area contributed by atoms with Crippen LogP contribution < -0.4 is 5.32 Å². The molecule has 0 bridgehead atoms. The highest BCUT2D eigenvalue weighted by molar-refractivity contribution is 6.29. The number of nitrogens with one attached hydrogen (secondary N) is 1. The largest absolute Gasteiger partial charge is 0.363 e. The molecule has 0 unspecified atom stereocenters. The van der Waals surface area contributed by atoms with Crippen molar-refractivity contribution in [3.63, 3.8) is 0 Å². The molecule has 5 nitrogen and oxygen atoms in total. The molecule has 2 aromatic rings. The van der Waals surface area contributed by atoms with E-state index in [9.17, 15) is 0 Å². The molecule has 2 heterocycles. The average Bonchev–Trinajstić information content (AvgIpc) is 2.27. The molecule has 0 aliphatic rings. The molecule has 0 aromatic carbocycles. The molecule has 2 aromatic heterocycles. The van der Waals surface area contributed by atoms with E-state index < -0.39 is 0 Å². The first-order chi connectivity index (χ1) is 7.74. The zero-order valence-corrected chi connectivity index (χ0v) is 9.44. The Morgan fingerprint density at radius 1 is 1.31 bits per heavy atom. The van der Waals surface area contributed by atoms with Crippen molar-refractivity contribution in [3.8, 4) is 0 Å². The Labute approximate surface area is 98.0 Å². The Balaban J connectivity index is 2.02. The second kappa shape index (κ2) is 4.85. The Morgan fingerprint density at radius 2 is 2.19 bits per heavy atom. The molecule has 16 heavy (non-hydrogen) atoms. The molecule has 0 aliphatic heterocycles. The summed E-state index contributed by atoms with van der Waals surface area (Å²) in [6.07, 6.45) is 4.82. The summed E-state index contributed by atoms with van der Waals surface area (Å²) in [5.74, 6) is 1.38. The molecule has 0 atom stereocenters. The lowest BCUT2D eigenvalue weighted by molar-refractivity contribution is 0.948. The molecule has 0 fully saturated rings. The summed E-state index contributed by atoms with van der Waals surface area (Å²) in [4.78, 5) is 16.3. The van der Waals surface area contributed by atoms with Crippen LogP contribution in [0.3, 0.4) is 0 Å². The van der Waals surface area contributed by atoms with E-state index in [0.29, 0.717) is 17.5 Å². The van der Waals surface area contributed by atoms with Gasteiger partial charge in [0, 0.05) is 6.20 Å². The van der Waals surface area contributed by atoms with E-state index in [1.54, 1.807) is 12.4 Å². The van der Waals surface area contributed by atoms with Crippen molar-refractivity contribution in [2.75, 3.05) is 5.32 Å². The van der Waals surface area contributed by atoms with Crippen molar-refractivity contribution >= 4 is 17.4 Å². The van der Waals surface area contributed by atoms with Crippen LogP contribution in [0, 0.1) is 6.92 Å². The maximum atomic E-state index is 5.71. The maximum absolute atomic E-state index is 5.71. The van der Waals surface area contributed by atoms with Crippen LogP contribution in [-0.2, 0) is 6.54 Å². The number of hydrogen-bond donors (Lipinski definition) is 1. The fourth-order valence-electron chi connectivity index (χ4n) is 1.21. The highest BCUT2D eigenvalue weighted by Gasteiger charge is 1.98. The summed E-state index contributed by atoms with van der Waals surface area (Å²) in [6.45, 7) is 2.42. The van der Waals surface area contributed by atoms with Crippen LogP contribution in [0.15, 0.2) is 24.7 Å². The molecule has 0 saturated heterocycles. The number of aromatic nitrogens is 4. The highest BCUT2D eigenvalue weighted by Crippen LogP contribution is 2.07. The van der Waals surface area contributed by atoms with Crippen molar-refractivity contribution in [2.24, 2.45) is 0 Å². The van der Waals surface area contributed by atoms with E-state index in [1.807, 2.05) is 13.0 Å². The normalized spacial score (nSPS) is 10.1. The number of nitrogens with zero attached hydrogens (tertiary/aromatic N) is 4. The molecule has 0 radical (unpaired) electrons. The SMILES string of the molecule is Cc1nccc(CNc2cncc(Cl)n2)n1. The molecular formula is C10H10ClN5. The standard InChI is InChI=1S/C10H10ClN5/c1-7-13-3-2-8(15-7)4-14-10-6-12-5-9(11)16-10/h2-3,5-6H,4H2,1H3,(H,14,16). The molecule has 0 amide bonds. The van der Waals surface area contributed by atoms with Gasteiger partial charge in [-0.05, 0) is 13.0 Å². The van der Waals surface area contributed by atoms with Crippen molar-refractivity contribution in [3.05, 3.63) is 41.3 Å². The van der Waals surface area contributed by atoms with Gasteiger partial charge in [-0.25, -0.2) is 15.0 Å². The molecule has 1 N–H and O–H groups in total. The Hall–Kier alpha value is -1.75. The third-order valence-electron chi connectivity index (χ3n) is 1.89. The number of hydrogen-bond acceptors (Lipinski definition) is 5. The van der Waals surface area contributed by atoms with Gasteiger partial charge in [-0.15, -0.1) is 0 Å². The third-order valence-corrected chi connectivity index (χ3v) is 2.07. The van der Waals surface area contributed by atoms with Gasteiger partial charge in [0.2, 0.25) is 0 Å². The molecule has 6 heteroatoms. The van der Waals surface area contributed by atoms with Gasteiger partial charge in [0.05, 0.1) is 24.6 Å². The van der Waals surface area contributed by atoms with E-state index >= 15 is 0 Å². The minimum atomic E-state index is 0.365. The first kappa shape index (κ1) is 10.8. The van der Waals surface area contributed by atoms with Crippen LogP contribution in [0.4, 0.5) is 5.82 Å². The lowest BCUT2D eigenvalue weighted by atomic mass is 10.4. The Kier molecular flexibility index (Phi) is 3.26. The number of halogens is 1. The zero-order chi connectivity index (χ0) is 11.4. The molecule has 0 saturated carbocycles. The molecule has 0 aliphatic carbocycles. The predicted octanol–water partition coefficient (Wildman–Crippen LogP) is 1.84. The van der Waals surface area contributed by atoms with Crippen molar-refractivity contribution in [1.82, 2.24) is 19.9 Å². The summed E-state index contributed by atoms with van der Waals surface area (Å²) in [5.41, 5.74) is 0.897. The van der Waals surface area contributed by atoms with Crippen molar-refractivity contribution in [1.29, 1.82) is 0 Å². The second-order valence-corrected chi connectivity index (χ2v) is 3.56. The molecule has 0 spiro atoms. The summed E-state index contributed by atoms with van der Waals surface area (Å²) in [7, 11) is 0. The van der Waals surface area contributed by atoms with Crippen molar-refractivity contribution in [2.45, 2.75) is 13.5 Å². The van der Waals surface area contributed by atoms with E-state index in [0.717, 1.165) is 11.5 Å². The average molecular weight is 236 g/mol. The first-order valence-corrected chi connectivity index (χ1v) is 5.12. The van der Waals surface area contributed by atoms with Crippen LogP contribution in [0.1, 0.15) is 11.5 Å². The highest BCUT2D eigenvalue weighted by atomic mass is 35.5. The van der Waals surface area contributed by atoms with Gasteiger partial charge in [-0.2, -0.15) is 0 Å². The molecule has 2 rings (SSSR count). The van der Waals surface area contributed by atoms with Gasteiger partial charge >= 0.3 is 0 Å². The molecular weight excluding hydrogens is 226 g/mol. The topological polar surface area (TPSA) is 63.6 Å². The lowest BCUT2D eigenvalue weighted by Crippen LogP contribution is -2.04. The molecule has 82 valence electrons. The van der Waals surface area contributed by atoms with E-state index in [1.165, 1.54) is 6.20 Å². The van der Waals surface area contributed by atoms with Gasteiger partial charge in [-0.3, -0.25) is 4.98 Å². The summed E-state index contributed by atoms with van der Waals surface area (Å²) >= 11 is 5.71. The Morgan fingerprint density at radius 3 is 2.94 bits per heavy atom. The fraction of sp³-hybridized carbons (Fsp3) is 0.200. The van der Waals surface area contributed by atoms with Crippen LogP contribution in [0.2, 0.25) is 5.15 Å². The van der Waals surface area contributed by atoms with Gasteiger partial charge in [0.25, 0.3) is 0 Å². The lowest BCUT2D eigenvalue weighted by Gasteiger charge is -2.04. The monoisotopic (exact) mass is 235 g/mol. The maximum Gasteiger partial charge on any atom is 0.149 e. The van der Waals surface area contributed by atoms with Crippen LogP contribution >= 0.6 is 11.6 Å². The van der Waals surface area contributed by atoms with Crippen LogP contribution in [-0.4, -0.2) is 19.9 Å². The van der Waals surface area contributed by atoms with E-state index in [-0.39, 0.29) is 0 Å². The first-order valence-electron chi connectivity index (χ1n) is 4.74. The Bertz CT molecular complexity index is 443. The zero-order valence-electron chi connectivity index (χ0n) is 8.68. The van der Waals surface area contributed by atoms with Gasteiger partial charge in [0.15, 0.2) is 0 Å². The van der Waals surface area contributed by atoms with Gasteiger partial charge in [-0.1, -0.05) is 11.6 Å². The fourth-order valence-corrected chi connectivity index (χ4v) is 1.36. The predicted molar refractivity (Wildman–Crippen MR) is 61.1 cm³/mol. The quantitative estimate of drug-likeness (QED) is 0.880. The second-order valence-electron chi connectivity index (χ2n) is 3.18. The summed E-state index contributed by atoms with van der Waals surface area (Å²) in [6, 6.07) is 1.85. The summed E-state index contributed by atoms with van der Waals surface area (Å²) < 4.78 is 0. The van der Waals surface area contributed by atoms with Gasteiger partial charge < -0.3 is 5.32 Å². The van der Waals surface area contributed by atoms with Gasteiger partial charge in [0.1, 0.15) is 16.8 Å². The van der Waals surface area contributed by atoms with E-state index in [4.69, 9.17) is 11.6 Å². The third kappa shape index (κ3) is 2.87. The minimum absolute atomic E-state index is 0.365. The van der Waals surface area contributed by atoms with E-state index in [2.05, 4.69) is 25.3 Å². The summed E-state index contributed by atoms with van der Waals surface area (Å²) in [5, 5.41) is 3.45. The smallest absolute Gasteiger partial charge is 0.149 e. The van der Waals surface area contributed by atoms with Crippen LogP contribution in [0.25, 0.3) is 0 Å². The number of anilines is 1. The minimum Gasteiger partial charge on any atom is -0.363 e. The number of aryl methyl sites for hydroxylation is 1. The number of rotatable bonds is 3.